The van der Waals surface area contributed by atoms with Crippen LogP contribution in [0.3, 0.4) is 0 Å². The number of rotatable bonds is 6. The molecule has 2 aromatic carbocycles. The molecule has 0 spiro atoms. The van der Waals surface area contributed by atoms with Crippen molar-refractivity contribution in [2.45, 2.75) is 25.9 Å². The molecule has 0 aliphatic carbocycles. The van der Waals surface area contributed by atoms with Crippen LogP contribution >= 0.6 is 0 Å². The van der Waals surface area contributed by atoms with Gasteiger partial charge >= 0.3 is 0 Å². The highest BCUT2D eigenvalue weighted by atomic mass is 16.7. The number of fused-ring (bicyclic) bond motifs is 1. The SMILES string of the molecule is Cc1ccc(C2=NN(C(=O)CN(C)Cc3ccc4c(c3)OCO4)C(c3ccco3)C2)cc1. The maximum atomic E-state index is 13.3. The molecule has 7 heteroatoms. The minimum Gasteiger partial charge on any atom is -0.467 e. The van der Waals surface area contributed by atoms with Crippen LogP contribution in [0.1, 0.15) is 34.9 Å². The quantitative estimate of drug-likeness (QED) is 0.587. The minimum absolute atomic E-state index is 0.0724. The number of likely N-dealkylation sites (N-methyl/N-ethyl adjacent to an activating group) is 1. The number of furan rings is 1. The zero-order valence-electron chi connectivity index (χ0n) is 18.2. The molecule has 164 valence electrons. The van der Waals surface area contributed by atoms with E-state index in [1.165, 1.54) is 5.56 Å². The molecule has 1 unspecified atom stereocenters. The van der Waals surface area contributed by atoms with Crippen molar-refractivity contribution in [2.75, 3.05) is 20.4 Å². The van der Waals surface area contributed by atoms with Gasteiger partial charge in [-0.15, -0.1) is 0 Å². The lowest BCUT2D eigenvalue weighted by atomic mass is 10.0. The van der Waals surface area contributed by atoms with Crippen molar-refractivity contribution in [2.24, 2.45) is 5.10 Å². The summed E-state index contributed by atoms with van der Waals surface area (Å²) in [5.41, 5.74) is 4.15. The second kappa shape index (κ2) is 8.51. The third-order valence-electron chi connectivity index (χ3n) is 5.72. The van der Waals surface area contributed by atoms with Crippen molar-refractivity contribution in [1.82, 2.24) is 9.91 Å². The number of carbonyl (C=O) groups is 1. The van der Waals surface area contributed by atoms with E-state index in [2.05, 4.69) is 19.1 Å². The van der Waals surface area contributed by atoms with E-state index in [0.717, 1.165) is 34.1 Å². The predicted molar refractivity (Wildman–Crippen MR) is 120 cm³/mol. The molecule has 0 radical (unpaired) electrons. The first kappa shape index (κ1) is 20.3. The number of carbonyl (C=O) groups excluding carboxylic acids is 1. The summed E-state index contributed by atoms with van der Waals surface area (Å²) in [5.74, 6) is 2.16. The first-order chi connectivity index (χ1) is 15.6. The van der Waals surface area contributed by atoms with Crippen molar-refractivity contribution >= 4 is 11.6 Å². The summed E-state index contributed by atoms with van der Waals surface area (Å²) in [6, 6.07) is 17.6. The fourth-order valence-electron chi connectivity index (χ4n) is 4.07. The summed E-state index contributed by atoms with van der Waals surface area (Å²) < 4.78 is 16.5. The third-order valence-corrected chi connectivity index (χ3v) is 5.72. The van der Waals surface area contributed by atoms with Gasteiger partial charge in [-0.1, -0.05) is 35.9 Å². The highest BCUT2D eigenvalue weighted by Crippen LogP contribution is 2.34. The number of hydrogen-bond acceptors (Lipinski definition) is 6. The van der Waals surface area contributed by atoms with Crippen LogP contribution in [0.25, 0.3) is 0 Å². The molecule has 3 aromatic rings. The van der Waals surface area contributed by atoms with Crippen molar-refractivity contribution in [1.29, 1.82) is 0 Å². The molecule has 1 atom stereocenters. The monoisotopic (exact) mass is 431 g/mol. The Bertz CT molecular complexity index is 1140. The minimum atomic E-state index is -0.243. The van der Waals surface area contributed by atoms with Gasteiger partial charge in [0.05, 0.1) is 18.5 Å². The lowest BCUT2D eigenvalue weighted by molar-refractivity contribution is -0.134. The smallest absolute Gasteiger partial charge is 0.257 e. The van der Waals surface area contributed by atoms with Crippen molar-refractivity contribution < 1.29 is 18.7 Å². The molecule has 1 aromatic heterocycles. The van der Waals surface area contributed by atoms with Gasteiger partial charge in [0.1, 0.15) is 11.8 Å². The van der Waals surface area contributed by atoms with E-state index in [9.17, 15) is 4.79 Å². The molecule has 0 fully saturated rings. The second-order valence-electron chi connectivity index (χ2n) is 8.25. The molecule has 2 aliphatic rings. The Morgan fingerprint density at radius 2 is 1.94 bits per heavy atom. The molecule has 1 amide bonds. The van der Waals surface area contributed by atoms with Crippen LogP contribution in [-0.4, -0.2) is 41.9 Å². The number of benzene rings is 2. The lowest BCUT2D eigenvalue weighted by Crippen LogP contribution is -2.36. The molecule has 2 aliphatic heterocycles. The summed E-state index contributed by atoms with van der Waals surface area (Å²) in [4.78, 5) is 15.2. The van der Waals surface area contributed by atoms with Gasteiger partial charge in [0, 0.05) is 13.0 Å². The highest BCUT2D eigenvalue weighted by molar-refractivity contribution is 6.03. The molecule has 3 heterocycles. The molecule has 0 bridgehead atoms. The maximum absolute atomic E-state index is 13.3. The summed E-state index contributed by atoms with van der Waals surface area (Å²) in [7, 11) is 1.92. The zero-order chi connectivity index (χ0) is 22.1. The predicted octanol–water partition coefficient (Wildman–Crippen LogP) is 4.13. The molecule has 0 N–H and O–H groups in total. The fraction of sp³-hybridized carbons (Fsp3) is 0.280. The Hall–Kier alpha value is -3.58. The lowest BCUT2D eigenvalue weighted by Gasteiger charge is -2.23. The number of aryl methyl sites for hydroxylation is 1. The Balaban J connectivity index is 1.32. The molecule has 32 heavy (non-hydrogen) atoms. The van der Waals surface area contributed by atoms with Gasteiger partial charge in [-0.3, -0.25) is 9.69 Å². The Morgan fingerprint density at radius 3 is 2.72 bits per heavy atom. The first-order valence-corrected chi connectivity index (χ1v) is 10.6. The largest absolute Gasteiger partial charge is 0.467 e. The zero-order valence-corrected chi connectivity index (χ0v) is 18.2. The van der Waals surface area contributed by atoms with Crippen molar-refractivity contribution in [3.05, 3.63) is 83.3 Å². The van der Waals surface area contributed by atoms with E-state index in [1.807, 2.05) is 54.4 Å². The van der Waals surface area contributed by atoms with Crippen molar-refractivity contribution in [3.63, 3.8) is 0 Å². The molecule has 5 rings (SSSR count). The Labute approximate surface area is 186 Å². The Kier molecular flexibility index (Phi) is 5.41. The number of hydrazone groups is 1. The van der Waals surface area contributed by atoms with Gasteiger partial charge in [-0.25, -0.2) is 5.01 Å². The summed E-state index contributed by atoms with van der Waals surface area (Å²) in [6.45, 7) is 3.14. The number of nitrogens with zero attached hydrogens (tertiary/aromatic N) is 3. The molecule has 0 saturated heterocycles. The van der Waals surface area contributed by atoms with Gasteiger partial charge in [-0.2, -0.15) is 5.10 Å². The number of ether oxygens (including phenoxy) is 2. The van der Waals surface area contributed by atoms with E-state index in [4.69, 9.17) is 19.0 Å². The number of hydrogen-bond donors (Lipinski definition) is 0. The van der Waals surface area contributed by atoms with Gasteiger partial charge < -0.3 is 13.9 Å². The van der Waals surface area contributed by atoms with Crippen LogP contribution in [0.5, 0.6) is 11.5 Å². The third kappa shape index (κ3) is 4.11. The summed E-state index contributed by atoms with van der Waals surface area (Å²) in [5, 5.41) is 6.28. The molecular weight excluding hydrogens is 406 g/mol. The van der Waals surface area contributed by atoms with Crippen molar-refractivity contribution in [3.8, 4) is 11.5 Å². The fourth-order valence-corrected chi connectivity index (χ4v) is 4.07. The van der Waals surface area contributed by atoms with E-state index in [1.54, 1.807) is 11.3 Å². The van der Waals surface area contributed by atoms with E-state index < -0.39 is 0 Å². The van der Waals surface area contributed by atoms with E-state index in [-0.39, 0.29) is 25.3 Å². The van der Waals surface area contributed by atoms with Crippen LogP contribution in [-0.2, 0) is 11.3 Å². The summed E-state index contributed by atoms with van der Waals surface area (Å²) >= 11 is 0. The van der Waals surface area contributed by atoms with Gasteiger partial charge in [0.25, 0.3) is 5.91 Å². The standard InChI is InChI=1S/C25H25N3O4/c1-17-5-8-19(9-6-17)20-13-21(22-4-3-11-30-22)28(26-20)25(29)15-27(2)14-18-7-10-23-24(12-18)32-16-31-23/h3-12,21H,13-16H2,1-2H3. The molecule has 0 saturated carbocycles. The van der Waals surface area contributed by atoms with Crippen LogP contribution in [0.15, 0.2) is 70.4 Å². The summed E-state index contributed by atoms with van der Waals surface area (Å²) in [6.07, 6.45) is 2.25. The number of amides is 1. The molecule has 7 nitrogen and oxygen atoms in total. The van der Waals surface area contributed by atoms with Crippen LogP contribution in [0.2, 0.25) is 0 Å². The molecular formula is C25H25N3O4. The van der Waals surface area contributed by atoms with Gasteiger partial charge in [0.2, 0.25) is 6.79 Å². The van der Waals surface area contributed by atoms with Crippen LogP contribution in [0.4, 0.5) is 0 Å². The topological polar surface area (TPSA) is 67.5 Å². The van der Waals surface area contributed by atoms with Gasteiger partial charge in [0.15, 0.2) is 11.5 Å². The van der Waals surface area contributed by atoms with Gasteiger partial charge in [-0.05, 0) is 49.4 Å². The van der Waals surface area contributed by atoms with Crippen LogP contribution in [0, 0.1) is 6.92 Å². The first-order valence-electron chi connectivity index (χ1n) is 10.6. The van der Waals surface area contributed by atoms with E-state index in [0.29, 0.717) is 13.0 Å². The maximum Gasteiger partial charge on any atom is 0.257 e. The second-order valence-corrected chi connectivity index (χ2v) is 8.25. The van der Waals surface area contributed by atoms with E-state index >= 15 is 0 Å². The highest BCUT2D eigenvalue weighted by Gasteiger charge is 2.35. The van der Waals surface area contributed by atoms with Crippen LogP contribution < -0.4 is 9.47 Å². The normalized spacial score (nSPS) is 17.2. The Morgan fingerprint density at radius 1 is 1.12 bits per heavy atom. The average Bonchev–Trinajstić information content (AvgIpc) is 3.53. The average molecular weight is 431 g/mol.